The van der Waals surface area contributed by atoms with Gasteiger partial charge in [-0.1, -0.05) is 18.2 Å². The summed E-state index contributed by atoms with van der Waals surface area (Å²) in [6, 6.07) is 14.4. The predicted octanol–water partition coefficient (Wildman–Crippen LogP) is 3.92. The molecule has 0 radical (unpaired) electrons. The maximum atomic E-state index is 12.4. The molecule has 0 aliphatic heterocycles. The minimum absolute atomic E-state index is 0.124. The van der Waals surface area contributed by atoms with E-state index in [1.165, 1.54) is 6.92 Å². The Balaban J connectivity index is 2.03. The summed E-state index contributed by atoms with van der Waals surface area (Å²) in [5, 5.41) is 5.63. The van der Waals surface area contributed by atoms with Gasteiger partial charge in [-0.25, -0.2) is 0 Å². The van der Waals surface area contributed by atoms with E-state index in [4.69, 9.17) is 4.74 Å². The Bertz CT molecular complexity index is 739. The zero-order chi connectivity index (χ0) is 18.4. The molecule has 5 heteroatoms. The van der Waals surface area contributed by atoms with Crippen molar-refractivity contribution in [1.82, 2.24) is 5.32 Å². The Hall–Kier alpha value is -2.82. The van der Waals surface area contributed by atoms with Crippen molar-refractivity contribution < 1.29 is 14.3 Å². The molecular weight excluding hydrogens is 316 g/mol. The van der Waals surface area contributed by atoms with E-state index >= 15 is 0 Å². The number of amides is 2. The molecule has 132 valence electrons. The van der Waals surface area contributed by atoms with Crippen LogP contribution in [0.4, 0.5) is 5.69 Å². The number of carbonyl (C=O) groups is 2. The van der Waals surface area contributed by atoms with Crippen LogP contribution in [0.15, 0.2) is 48.5 Å². The topological polar surface area (TPSA) is 67.4 Å². The summed E-state index contributed by atoms with van der Waals surface area (Å²) in [5.41, 5.74) is 2.09. The Morgan fingerprint density at radius 1 is 1.00 bits per heavy atom. The van der Waals surface area contributed by atoms with E-state index < -0.39 is 0 Å². The number of ether oxygens (including phenoxy) is 1. The fraction of sp³-hybridized carbons (Fsp3) is 0.300. The van der Waals surface area contributed by atoms with Gasteiger partial charge in [0.15, 0.2) is 0 Å². The highest BCUT2D eigenvalue weighted by Gasteiger charge is 2.12. The van der Waals surface area contributed by atoms with Crippen molar-refractivity contribution in [3.8, 4) is 5.75 Å². The molecule has 2 amide bonds. The van der Waals surface area contributed by atoms with Gasteiger partial charge in [0, 0.05) is 18.2 Å². The monoisotopic (exact) mass is 340 g/mol. The molecule has 0 saturated carbocycles. The zero-order valence-corrected chi connectivity index (χ0v) is 15.0. The van der Waals surface area contributed by atoms with Crippen LogP contribution in [0.1, 0.15) is 49.7 Å². The number of nitrogens with one attached hydrogen (secondary N) is 2. The molecule has 0 aliphatic rings. The van der Waals surface area contributed by atoms with Crippen LogP contribution in [0.25, 0.3) is 0 Å². The number of rotatable bonds is 6. The summed E-state index contributed by atoms with van der Waals surface area (Å²) in [4.78, 5) is 23.6. The first-order chi connectivity index (χ1) is 11.8. The van der Waals surface area contributed by atoms with Gasteiger partial charge in [0.25, 0.3) is 5.91 Å². The maximum absolute atomic E-state index is 12.4. The molecule has 0 spiro atoms. The van der Waals surface area contributed by atoms with Gasteiger partial charge in [-0.2, -0.15) is 0 Å². The number of benzene rings is 2. The Morgan fingerprint density at radius 3 is 2.28 bits per heavy atom. The van der Waals surface area contributed by atoms with Gasteiger partial charge in [-0.05, 0) is 56.7 Å². The normalized spacial score (nSPS) is 11.7. The largest absolute Gasteiger partial charge is 0.491 e. The van der Waals surface area contributed by atoms with E-state index in [1.54, 1.807) is 24.3 Å². The summed E-state index contributed by atoms with van der Waals surface area (Å²) in [7, 11) is 0. The molecule has 5 nitrogen and oxygen atoms in total. The third-order valence-corrected chi connectivity index (χ3v) is 3.54. The Morgan fingerprint density at radius 2 is 1.68 bits per heavy atom. The summed E-state index contributed by atoms with van der Waals surface area (Å²) in [6.07, 6.45) is 0.124. The van der Waals surface area contributed by atoms with Gasteiger partial charge in [-0.15, -0.1) is 0 Å². The van der Waals surface area contributed by atoms with Crippen molar-refractivity contribution in [1.29, 1.82) is 0 Å². The second-order valence-electron chi connectivity index (χ2n) is 6.19. The van der Waals surface area contributed by atoms with Crippen molar-refractivity contribution in [3.63, 3.8) is 0 Å². The molecule has 2 rings (SSSR count). The lowest BCUT2D eigenvalue weighted by Crippen LogP contribution is -2.26. The number of hydrogen-bond acceptors (Lipinski definition) is 3. The smallest absolute Gasteiger partial charge is 0.251 e. The zero-order valence-electron chi connectivity index (χ0n) is 15.0. The third kappa shape index (κ3) is 5.64. The van der Waals surface area contributed by atoms with Crippen LogP contribution in [0.5, 0.6) is 5.75 Å². The molecule has 0 aliphatic carbocycles. The minimum Gasteiger partial charge on any atom is -0.491 e. The molecule has 1 atom stereocenters. The second kappa shape index (κ2) is 8.33. The van der Waals surface area contributed by atoms with E-state index in [0.717, 1.165) is 11.3 Å². The van der Waals surface area contributed by atoms with Gasteiger partial charge < -0.3 is 15.4 Å². The van der Waals surface area contributed by atoms with Crippen LogP contribution >= 0.6 is 0 Å². The van der Waals surface area contributed by atoms with Crippen molar-refractivity contribution in [3.05, 3.63) is 59.7 Å². The molecule has 1 unspecified atom stereocenters. The van der Waals surface area contributed by atoms with Crippen LogP contribution in [0, 0.1) is 0 Å². The average Bonchev–Trinajstić information content (AvgIpc) is 2.54. The van der Waals surface area contributed by atoms with Crippen molar-refractivity contribution in [2.75, 3.05) is 5.32 Å². The van der Waals surface area contributed by atoms with Gasteiger partial charge in [0.05, 0.1) is 12.1 Å². The summed E-state index contributed by atoms with van der Waals surface area (Å²) >= 11 is 0. The fourth-order valence-corrected chi connectivity index (χ4v) is 2.41. The van der Waals surface area contributed by atoms with E-state index in [1.807, 2.05) is 45.0 Å². The molecule has 0 aromatic heterocycles. The highest BCUT2D eigenvalue weighted by Crippen LogP contribution is 2.19. The van der Waals surface area contributed by atoms with Gasteiger partial charge in [0.2, 0.25) is 5.91 Å². The van der Waals surface area contributed by atoms with Crippen LogP contribution in [-0.2, 0) is 4.79 Å². The third-order valence-electron chi connectivity index (χ3n) is 3.54. The van der Waals surface area contributed by atoms with E-state index in [9.17, 15) is 9.59 Å². The highest BCUT2D eigenvalue weighted by atomic mass is 16.5. The molecule has 0 bridgehead atoms. The number of carbonyl (C=O) groups excluding carboxylic acids is 2. The Kier molecular flexibility index (Phi) is 6.17. The standard InChI is InChI=1S/C20H24N2O3/c1-13(2)25-19-10-8-16(9-11-19)14(3)21-20(24)17-6-5-7-18(12-17)22-15(4)23/h5-14H,1-4H3,(H,21,24)(H,22,23). The lowest BCUT2D eigenvalue weighted by Gasteiger charge is -2.16. The van der Waals surface area contributed by atoms with Crippen LogP contribution in [-0.4, -0.2) is 17.9 Å². The summed E-state index contributed by atoms with van der Waals surface area (Å²) in [5.74, 6) is 0.442. The van der Waals surface area contributed by atoms with Crippen molar-refractivity contribution in [2.24, 2.45) is 0 Å². The molecule has 2 aromatic rings. The molecular formula is C20H24N2O3. The maximum Gasteiger partial charge on any atom is 0.251 e. The van der Waals surface area contributed by atoms with E-state index in [-0.39, 0.29) is 24.0 Å². The molecule has 0 heterocycles. The number of hydrogen-bond donors (Lipinski definition) is 2. The fourth-order valence-electron chi connectivity index (χ4n) is 2.41. The van der Waals surface area contributed by atoms with E-state index in [2.05, 4.69) is 10.6 Å². The lowest BCUT2D eigenvalue weighted by atomic mass is 10.1. The molecule has 0 saturated heterocycles. The van der Waals surface area contributed by atoms with Crippen LogP contribution in [0.2, 0.25) is 0 Å². The van der Waals surface area contributed by atoms with E-state index in [0.29, 0.717) is 11.3 Å². The van der Waals surface area contributed by atoms with Gasteiger partial charge >= 0.3 is 0 Å². The van der Waals surface area contributed by atoms with Crippen LogP contribution < -0.4 is 15.4 Å². The lowest BCUT2D eigenvalue weighted by molar-refractivity contribution is -0.114. The molecule has 2 N–H and O–H groups in total. The number of anilines is 1. The Labute approximate surface area is 148 Å². The molecule has 2 aromatic carbocycles. The van der Waals surface area contributed by atoms with Gasteiger partial charge in [0.1, 0.15) is 5.75 Å². The summed E-state index contributed by atoms with van der Waals surface area (Å²) in [6.45, 7) is 7.31. The highest BCUT2D eigenvalue weighted by molar-refractivity contribution is 5.97. The van der Waals surface area contributed by atoms with Crippen molar-refractivity contribution in [2.45, 2.75) is 39.8 Å². The quantitative estimate of drug-likeness (QED) is 0.837. The first-order valence-electron chi connectivity index (χ1n) is 8.30. The van der Waals surface area contributed by atoms with Crippen molar-refractivity contribution >= 4 is 17.5 Å². The molecule has 25 heavy (non-hydrogen) atoms. The average molecular weight is 340 g/mol. The first kappa shape index (κ1) is 18.5. The van der Waals surface area contributed by atoms with Crippen LogP contribution in [0.3, 0.4) is 0 Å². The first-order valence-corrected chi connectivity index (χ1v) is 8.30. The summed E-state index contributed by atoms with van der Waals surface area (Å²) < 4.78 is 5.62. The van der Waals surface area contributed by atoms with Gasteiger partial charge in [-0.3, -0.25) is 9.59 Å². The minimum atomic E-state index is -0.192. The molecule has 0 fully saturated rings. The SMILES string of the molecule is CC(=O)Nc1cccc(C(=O)NC(C)c2ccc(OC(C)C)cc2)c1. The predicted molar refractivity (Wildman–Crippen MR) is 98.8 cm³/mol. The second-order valence-corrected chi connectivity index (χ2v) is 6.19.